The molecule has 0 spiro atoms. The molecule has 7 fully saturated rings. The summed E-state index contributed by atoms with van der Waals surface area (Å²) in [6.07, 6.45) is 65.2. The van der Waals surface area contributed by atoms with Crippen LogP contribution in [0.5, 0.6) is 5.75 Å². The quantitative estimate of drug-likeness (QED) is 0.0142. The number of ether oxygens (including phenoxy) is 1. The Morgan fingerprint density at radius 2 is 0.859 bits per heavy atom. The largest absolute Gasteiger partial charge is 0.426 e. The maximum atomic E-state index is 12.2. The van der Waals surface area contributed by atoms with Gasteiger partial charge in [-0.3, -0.25) is 10.1 Å². The van der Waals surface area contributed by atoms with Crippen molar-refractivity contribution in [2.24, 2.45) is 70.5 Å². The highest BCUT2D eigenvalue weighted by molar-refractivity contribution is 5.75. The summed E-state index contributed by atoms with van der Waals surface area (Å²) in [5.74, 6) is 11.8. The van der Waals surface area contributed by atoms with Gasteiger partial charge in [-0.2, -0.15) is 10.5 Å². The number of nitriles is 2. The summed E-state index contributed by atoms with van der Waals surface area (Å²) in [6, 6.07) is 64.8. The van der Waals surface area contributed by atoms with Crippen LogP contribution in [0.2, 0.25) is 0 Å². The number of rotatable bonds is 33. The number of aryl methyl sites for hydroxylation is 5. The molecule has 7 aliphatic rings. The number of unbranched alkanes of at least 4 members (excludes halogenated alkanes) is 8. The fraction of sp³-hybridized carbons (Fsp3) is 0.598. The zero-order valence-corrected chi connectivity index (χ0v) is 86.8. The molecule has 1 heterocycles. The molecule has 732 valence electrons. The van der Waals surface area contributed by atoms with Crippen molar-refractivity contribution in [1.29, 1.82) is 10.5 Å². The second kappa shape index (κ2) is 58.6. The third-order valence-corrected chi connectivity index (χ3v) is 33.1. The van der Waals surface area contributed by atoms with E-state index < -0.39 is 6.10 Å². The number of hydrogen-bond donors (Lipinski definition) is 1. The Hall–Kier alpha value is -8.27. The number of benzene rings is 7. The van der Waals surface area contributed by atoms with Crippen LogP contribution in [0.1, 0.15) is 437 Å². The summed E-state index contributed by atoms with van der Waals surface area (Å²) in [7, 11) is 0. The molecule has 7 saturated carbocycles. The van der Waals surface area contributed by atoms with Gasteiger partial charge in [0.15, 0.2) is 5.82 Å². The van der Waals surface area contributed by atoms with Gasteiger partial charge in [0.05, 0.1) is 28.9 Å². The van der Waals surface area contributed by atoms with Crippen LogP contribution in [-0.2, 0) is 21.5 Å². The second-order valence-electron chi connectivity index (χ2n) is 43.8. The maximum Gasteiger partial charge on any atom is 0.314 e. The van der Waals surface area contributed by atoms with Gasteiger partial charge in [0.1, 0.15) is 11.9 Å². The molecule has 0 aliphatic heterocycles. The number of esters is 1. The van der Waals surface area contributed by atoms with Gasteiger partial charge in [-0.25, -0.2) is 14.9 Å². The summed E-state index contributed by atoms with van der Waals surface area (Å²) in [5, 5.41) is 28.5. The number of carbonyl (C=O) groups is 1. The predicted octanol–water partition coefficient (Wildman–Crippen LogP) is 37.3. The lowest BCUT2D eigenvalue weighted by molar-refractivity contribution is -0.270. The van der Waals surface area contributed by atoms with Crippen molar-refractivity contribution in [1.82, 2.24) is 9.97 Å². The first-order chi connectivity index (χ1) is 65.6. The Labute approximate surface area is 822 Å². The summed E-state index contributed by atoms with van der Waals surface area (Å²) < 4.78 is 5.50. The third kappa shape index (κ3) is 35.5. The van der Waals surface area contributed by atoms with Crippen molar-refractivity contribution in [3.63, 3.8) is 0 Å². The highest BCUT2D eigenvalue weighted by atomic mass is 17.1. The van der Waals surface area contributed by atoms with E-state index in [1.165, 1.54) is 317 Å². The monoisotopic (exact) mass is 1830 g/mol. The molecular weight excluding hydrogens is 1650 g/mol. The number of aromatic nitrogens is 2. The molecule has 1 N–H and O–H groups in total. The van der Waals surface area contributed by atoms with Gasteiger partial charge >= 0.3 is 5.97 Å². The number of hydrogen-bond acceptors (Lipinski definition) is 8. The van der Waals surface area contributed by atoms with E-state index in [0.717, 1.165) is 133 Å². The van der Waals surface area contributed by atoms with E-state index in [1.807, 2.05) is 67.8 Å². The van der Waals surface area contributed by atoms with E-state index in [-0.39, 0.29) is 22.7 Å². The van der Waals surface area contributed by atoms with E-state index >= 15 is 0 Å². The molecular formula is C127H180N4O4. The zero-order valence-electron chi connectivity index (χ0n) is 86.8. The fourth-order valence-corrected chi connectivity index (χ4v) is 23.5. The Balaban J connectivity index is 0.000000168. The Morgan fingerprint density at radius 3 is 1.34 bits per heavy atom. The standard InChI is InChI=1S/C25H31N.C24H32O2.C20H26N2.C20H30.C19H33N.C19H28O2/c1-3-4-5-6-21-7-9-22(10-8-21)23-11-13-24(14-12-23)25(19-26)17-15-20(2)16-18-25;1-4-5-19-10-15-23(16-18(19)3)20-11-13-22(14-12-20)24(26-25)21-8-6-17(2)7-9-21;1-3-4-16-7-11-17(12-8-16)19-13-21-20(22-14-19)18-9-5-15(2)6-10-18;1-4-5-6-7-18-10-14-20(15-11-18)17(3)19-12-8-16(2)9-13-19;1-3-4-5-6-16-7-9-17(10-8-16)18-11-13-19(2,15-20)14-12-18;1-3-4-5-6-16-9-11-17(12-10-16)19(20)21-18-13-7-15(2)8-14-18/h7-14,20H,3-6,15-18H2,1-2H3;6-9,11-14,18-19,23-25H,4-5,10,15-16H2,1-3H3;5-6,9-10,13-14,16-17H,3-4,7-8,11-12H2,1-2H3;8-9,12-13,18,20H,3-7,10-11,14-15H2,1-2H3;16-18H,3-14H2,1-2H3;7-8,13-14,16-17H,3-6,9-12H2,1-2H3. The van der Waals surface area contributed by atoms with Gasteiger partial charge in [0.2, 0.25) is 0 Å². The zero-order chi connectivity index (χ0) is 96.2. The van der Waals surface area contributed by atoms with Crippen LogP contribution in [0.15, 0.2) is 189 Å². The van der Waals surface area contributed by atoms with Crippen LogP contribution in [0.25, 0.3) is 28.1 Å². The van der Waals surface area contributed by atoms with Crippen molar-refractivity contribution in [3.05, 3.63) is 250 Å². The highest BCUT2D eigenvalue weighted by Gasteiger charge is 2.39. The van der Waals surface area contributed by atoms with Crippen LogP contribution in [0, 0.1) is 121 Å². The molecule has 8 nitrogen and oxygen atoms in total. The normalized spacial score (nSPS) is 25.1. The molecule has 8 aromatic rings. The Bertz CT molecular complexity index is 4660. The third-order valence-electron chi connectivity index (χ3n) is 33.1. The smallest absolute Gasteiger partial charge is 0.314 e. The molecule has 135 heavy (non-hydrogen) atoms. The molecule has 0 bridgehead atoms. The molecule has 1 aromatic heterocycles. The van der Waals surface area contributed by atoms with Gasteiger partial charge in [-0.05, 0) is 347 Å². The van der Waals surface area contributed by atoms with E-state index in [1.54, 1.807) is 0 Å². The van der Waals surface area contributed by atoms with E-state index in [4.69, 9.17) is 9.62 Å². The Kier molecular flexibility index (Phi) is 47.2. The van der Waals surface area contributed by atoms with Gasteiger partial charge in [0.25, 0.3) is 0 Å². The van der Waals surface area contributed by atoms with Crippen LogP contribution >= 0.6 is 0 Å². The second-order valence-corrected chi connectivity index (χ2v) is 43.8. The van der Waals surface area contributed by atoms with Crippen molar-refractivity contribution >= 4 is 11.5 Å². The van der Waals surface area contributed by atoms with Crippen molar-refractivity contribution < 1.29 is 19.7 Å². The lowest BCUT2D eigenvalue weighted by atomic mass is 9.65. The SMILES string of the molecule is C=C(c1ccc(C)cc1)C1CCC(CCCCC)CC1.CCCC1CCC(c2ccc(C(OO)c3ccc(C)cc3)cc2)CC1C.CCCC1CCC(c2cnc(-c3ccc(C)cc3)nc2)CC1.CCCCCC1CCC(C(=O)Oc2ccc(C)cc2)CC1.CCCCCC1CCC(C2CCC(C)(C#N)CC2)CC1.CCCCCc1ccc(-c2ccc(C3(C#N)CCC(C)CC3)cc2)cc1. The van der Waals surface area contributed by atoms with Gasteiger partial charge < -0.3 is 4.74 Å². The number of carbonyl (C=O) groups excluding carboxylic acids is 1. The number of allylic oxidation sites excluding steroid dienone is 1. The Morgan fingerprint density at radius 1 is 0.430 bits per heavy atom. The van der Waals surface area contributed by atoms with Crippen LogP contribution in [0.4, 0.5) is 0 Å². The maximum absolute atomic E-state index is 12.2. The minimum Gasteiger partial charge on any atom is -0.426 e. The predicted molar refractivity (Wildman–Crippen MR) is 571 cm³/mol. The molecule has 4 unspecified atom stereocenters. The average molecular weight is 1830 g/mol. The molecule has 15 rings (SSSR count). The minimum atomic E-state index is -0.427. The molecule has 8 heteroatoms. The summed E-state index contributed by atoms with van der Waals surface area (Å²) in [6.45, 7) is 33.3. The minimum absolute atomic E-state index is 0.00610. The van der Waals surface area contributed by atoms with Crippen LogP contribution in [0.3, 0.4) is 0 Å². The van der Waals surface area contributed by atoms with Crippen LogP contribution in [-0.4, -0.2) is 21.2 Å². The van der Waals surface area contributed by atoms with Crippen molar-refractivity contribution in [2.45, 2.75) is 415 Å². The molecule has 0 amide bonds. The molecule has 7 aromatic carbocycles. The first-order valence-electron chi connectivity index (χ1n) is 55.0. The van der Waals surface area contributed by atoms with Crippen molar-refractivity contribution in [3.8, 4) is 40.4 Å². The van der Waals surface area contributed by atoms with Gasteiger partial charge in [0, 0.05) is 18.0 Å². The van der Waals surface area contributed by atoms with Crippen molar-refractivity contribution in [2.75, 3.05) is 0 Å². The molecule has 7 aliphatic carbocycles. The first kappa shape index (κ1) is 109. The highest BCUT2D eigenvalue weighted by Crippen LogP contribution is 2.49. The summed E-state index contributed by atoms with van der Waals surface area (Å²) in [5.41, 5.74) is 18.4. The van der Waals surface area contributed by atoms with Crippen LogP contribution < -0.4 is 4.74 Å². The molecule has 0 radical (unpaired) electrons. The fourth-order valence-electron chi connectivity index (χ4n) is 23.5. The molecule has 4 atom stereocenters. The van der Waals surface area contributed by atoms with E-state index in [9.17, 15) is 20.6 Å². The topological polar surface area (TPSA) is 129 Å². The van der Waals surface area contributed by atoms with Gasteiger partial charge in [-0.1, -0.05) is 370 Å². The summed E-state index contributed by atoms with van der Waals surface area (Å²) >= 11 is 0. The number of nitrogens with zero attached hydrogens (tertiary/aromatic N) is 4. The van der Waals surface area contributed by atoms with E-state index in [0.29, 0.717) is 17.6 Å². The lowest BCUT2D eigenvalue weighted by Gasteiger charge is -2.39. The van der Waals surface area contributed by atoms with Gasteiger partial charge in [-0.15, -0.1) is 0 Å². The van der Waals surface area contributed by atoms with E-state index in [2.05, 4.69) is 233 Å². The molecule has 0 saturated heterocycles. The summed E-state index contributed by atoms with van der Waals surface area (Å²) in [4.78, 5) is 26.2. The average Bonchev–Trinajstić information content (AvgIpc) is 0.791. The first-order valence-corrected chi connectivity index (χ1v) is 55.0. The lowest BCUT2D eigenvalue weighted by Crippen LogP contribution is -2.29.